The van der Waals surface area contributed by atoms with Gasteiger partial charge in [0, 0.05) is 47.8 Å². The first-order valence-electron chi connectivity index (χ1n) is 10.9. The molecule has 2 aliphatic carbocycles. The molecular weight excluding hydrogens is 434 g/mol. The summed E-state index contributed by atoms with van der Waals surface area (Å²) >= 11 is 6.48. The van der Waals surface area contributed by atoms with Gasteiger partial charge in [0.05, 0.1) is 12.1 Å². The molecule has 32 heavy (non-hydrogen) atoms. The van der Waals surface area contributed by atoms with Crippen LogP contribution in [0.3, 0.4) is 0 Å². The number of carboxylic acids is 1. The van der Waals surface area contributed by atoms with Crippen LogP contribution in [0, 0.1) is 0 Å². The van der Waals surface area contributed by atoms with Gasteiger partial charge in [0.1, 0.15) is 0 Å². The van der Waals surface area contributed by atoms with Crippen molar-refractivity contribution in [3.8, 4) is 11.5 Å². The molecule has 1 aromatic rings. The Kier molecular flexibility index (Phi) is 6.29. The number of benzene rings is 1. The predicted molar refractivity (Wildman–Crippen MR) is 118 cm³/mol. The first-order chi connectivity index (χ1) is 15.4. The largest absolute Gasteiger partial charge is 0.493 e. The van der Waals surface area contributed by atoms with Crippen molar-refractivity contribution >= 4 is 29.1 Å². The van der Waals surface area contributed by atoms with Crippen LogP contribution in [0.25, 0.3) is 0 Å². The van der Waals surface area contributed by atoms with E-state index in [9.17, 15) is 14.4 Å². The first kappa shape index (κ1) is 22.4. The molecule has 7 nitrogen and oxygen atoms in total. The minimum Gasteiger partial charge on any atom is -0.493 e. The Morgan fingerprint density at radius 3 is 2.19 bits per heavy atom. The second kappa shape index (κ2) is 8.98. The fraction of sp³-hybridized carbons (Fsp3) is 0.458. The fourth-order valence-corrected chi connectivity index (χ4v) is 5.39. The van der Waals surface area contributed by atoms with Gasteiger partial charge in [-0.15, -0.1) is 0 Å². The molecule has 1 aliphatic heterocycles. The molecule has 0 bridgehead atoms. The lowest BCUT2D eigenvalue weighted by atomic mass is 9.71. The molecule has 0 fully saturated rings. The smallest absolute Gasteiger partial charge is 0.341 e. The number of methoxy groups -OCH3 is 1. The summed E-state index contributed by atoms with van der Waals surface area (Å²) in [6, 6.07) is 3.36. The van der Waals surface area contributed by atoms with Gasteiger partial charge in [-0.25, -0.2) is 4.79 Å². The Bertz CT molecular complexity index is 1010. The van der Waals surface area contributed by atoms with Crippen LogP contribution in [0.5, 0.6) is 11.5 Å². The molecule has 1 heterocycles. The predicted octanol–water partition coefficient (Wildman–Crippen LogP) is 4.25. The highest BCUT2D eigenvalue weighted by Crippen LogP contribution is 2.50. The van der Waals surface area contributed by atoms with Crippen LogP contribution in [0.2, 0.25) is 5.02 Å². The van der Waals surface area contributed by atoms with E-state index in [1.165, 1.54) is 7.11 Å². The number of ether oxygens (including phenoxy) is 2. The Morgan fingerprint density at radius 1 is 1.09 bits per heavy atom. The number of halogens is 1. The molecule has 0 saturated carbocycles. The molecule has 3 aliphatic rings. The zero-order chi connectivity index (χ0) is 23.0. The number of carboxylic acid groups (broad SMARTS) is 1. The summed E-state index contributed by atoms with van der Waals surface area (Å²) < 4.78 is 10.8. The maximum Gasteiger partial charge on any atom is 0.341 e. The number of ketones is 2. The number of carbonyl (C=O) groups excluding carboxylic acids is 2. The standard InChI is InChI=1S/C24H26ClNO6/c1-3-26-15-6-4-8-17(27)22(15)21(23-16(26)7-5-9-18(23)28)13-10-14(25)24(19(11-13)31-2)32-12-20(29)30/h10-11,21H,3-9,12H2,1-2H3,(H,29,30). The Hall–Kier alpha value is -2.80. The summed E-state index contributed by atoms with van der Waals surface area (Å²) in [6.07, 6.45) is 4.08. The first-order valence-corrected chi connectivity index (χ1v) is 11.3. The van der Waals surface area contributed by atoms with Gasteiger partial charge in [-0.3, -0.25) is 9.59 Å². The molecule has 0 spiro atoms. The summed E-state index contributed by atoms with van der Waals surface area (Å²) in [5.74, 6) is -1.14. The zero-order valence-electron chi connectivity index (χ0n) is 18.2. The van der Waals surface area contributed by atoms with Crippen molar-refractivity contribution in [1.82, 2.24) is 4.90 Å². The molecule has 1 aromatic carbocycles. The quantitative estimate of drug-likeness (QED) is 0.679. The minimum atomic E-state index is -1.13. The van der Waals surface area contributed by atoms with Crippen LogP contribution >= 0.6 is 11.6 Å². The van der Waals surface area contributed by atoms with E-state index < -0.39 is 18.5 Å². The third-order valence-electron chi connectivity index (χ3n) is 6.33. The van der Waals surface area contributed by atoms with Crippen molar-refractivity contribution < 1.29 is 29.0 Å². The summed E-state index contributed by atoms with van der Waals surface area (Å²) in [5.41, 5.74) is 4.02. The van der Waals surface area contributed by atoms with E-state index in [0.29, 0.717) is 36.1 Å². The number of carbonyl (C=O) groups is 3. The molecular formula is C24H26ClNO6. The minimum absolute atomic E-state index is 0.0564. The van der Waals surface area contributed by atoms with Crippen molar-refractivity contribution in [3.05, 3.63) is 45.3 Å². The van der Waals surface area contributed by atoms with Crippen molar-refractivity contribution in [1.29, 1.82) is 0 Å². The highest BCUT2D eigenvalue weighted by Gasteiger charge is 2.43. The number of Topliss-reactive ketones (excluding diaryl/α,β-unsaturated/α-hetero) is 2. The highest BCUT2D eigenvalue weighted by atomic mass is 35.5. The monoisotopic (exact) mass is 459 g/mol. The molecule has 0 radical (unpaired) electrons. The number of hydrogen-bond donors (Lipinski definition) is 1. The fourth-order valence-electron chi connectivity index (χ4n) is 5.11. The van der Waals surface area contributed by atoms with Crippen LogP contribution in [0.15, 0.2) is 34.7 Å². The van der Waals surface area contributed by atoms with Crippen molar-refractivity contribution in [2.75, 3.05) is 20.3 Å². The normalized spacial score (nSPS) is 19.2. The van der Waals surface area contributed by atoms with Crippen LogP contribution < -0.4 is 9.47 Å². The van der Waals surface area contributed by atoms with Gasteiger partial charge in [-0.2, -0.15) is 0 Å². The summed E-state index contributed by atoms with van der Waals surface area (Å²) in [7, 11) is 1.44. The van der Waals surface area contributed by atoms with E-state index in [0.717, 1.165) is 37.1 Å². The molecule has 1 N–H and O–H groups in total. The van der Waals surface area contributed by atoms with Crippen LogP contribution in [-0.4, -0.2) is 47.8 Å². The van der Waals surface area contributed by atoms with E-state index in [2.05, 4.69) is 4.90 Å². The number of rotatable bonds is 6. The van der Waals surface area contributed by atoms with E-state index in [1.54, 1.807) is 12.1 Å². The van der Waals surface area contributed by atoms with Gasteiger partial charge < -0.3 is 19.5 Å². The molecule has 0 unspecified atom stereocenters. The SMILES string of the molecule is CCN1C2=C(C(=O)CCC2)C(c2cc(Cl)c(OCC(=O)O)c(OC)c2)C2=C1CCCC2=O. The van der Waals surface area contributed by atoms with E-state index in [4.69, 9.17) is 26.2 Å². The average Bonchev–Trinajstić information content (AvgIpc) is 2.76. The number of nitrogens with zero attached hydrogens (tertiary/aromatic N) is 1. The molecule has 0 saturated heterocycles. The van der Waals surface area contributed by atoms with Gasteiger partial charge in [-0.05, 0) is 50.3 Å². The maximum atomic E-state index is 13.2. The molecule has 8 heteroatoms. The lowest BCUT2D eigenvalue weighted by molar-refractivity contribution is -0.139. The Balaban J connectivity index is 1.90. The van der Waals surface area contributed by atoms with Crippen LogP contribution in [0.4, 0.5) is 0 Å². The van der Waals surface area contributed by atoms with E-state index >= 15 is 0 Å². The summed E-state index contributed by atoms with van der Waals surface area (Å²) in [4.78, 5) is 39.4. The lowest BCUT2D eigenvalue weighted by Gasteiger charge is -2.43. The number of aliphatic carboxylic acids is 1. The highest BCUT2D eigenvalue weighted by molar-refractivity contribution is 6.32. The topological polar surface area (TPSA) is 93.1 Å². The van der Waals surface area contributed by atoms with Crippen LogP contribution in [0.1, 0.15) is 56.9 Å². The number of hydrogen-bond acceptors (Lipinski definition) is 6. The Labute approximate surface area is 191 Å². The molecule has 4 rings (SSSR count). The third-order valence-corrected chi connectivity index (χ3v) is 6.61. The maximum absolute atomic E-state index is 13.2. The Morgan fingerprint density at radius 2 is 1.69 bits per heavy atom. The van der Waals surface area contributed by atoms with Crippen molar-refractivity contribution in [3.63, 3.8) is 0 Å². The van der Waals surface area contributed by atoms with Crippen LogP contribution in [-0.2, 0) is 14.4 Å². The lowest BCUT2D eigenvalue weighted by Crippen LogP contribution is -2.39. The molecule has 0 atom stereocenters. The van der Waals surface area contributed by atoms with E-state index in [1.807, 2.05) is 6.92 Å². The van der Waals surface area contributed by atoms with Gasteiger partial charge in [0.25, 0.3) is 0 Å². The third kappa shape index (κ3) is 3.79. The van der Waals surface area contributed by atoms with Gasteiger partial charge >= 0.3 is 5.97 Å². The van der Waals surface area contributed by atoms with Gasteiger partial charge in [0.2, 0.25) is 0 Å². The zero-order valence-corrected chi connectivity index (χ0v) is 19.0. The van der Waals surface area contributed by atoms with Gasteiger partial charge in [-0.1, -0.05) is 11.6 Å². The van der Waals surface area contributed by atoms with E-state index in [-0.39, 0.29) is 28.1 Å². The molecule has 0 amide bonds. The second-order valence-electron chi connectivity index (χ2n) is 8.17. The second-order valence-corrected chi connectivity index (χ2v) is 8.58. The molecule has 0 aromatic heterocycles. The van der Waals surface area contributed by atoms with Gasteiger partial charge in [0.15, 0.2) is 29.7 Å². The summed E-state index contributed by atoms with van der Waals surface area (Å²) in [6.45, 7) is 2.19. The summed E-state index contributed by atoms with van der Waals surface area (Å²) in [5, 5.41) is 9.13. The van der Waals surface area contributed by atoms with Crippen molar-refractivity contribution in [2.45, 2.75) is 51.4 Å². The number of allylic oxidation sites excluding steroid dienone is 4. The molecule has 170 valence electrons. The van der Waals surface area contributed by atoms with Crippen molar-refractivity contribution in [2.24, 2.45) is 0 Å². The average molecular weight is 460 g/mol.